The Kier molecular flexibility index (Phi) is 4.94. The van der Waals surface area contributed by atoms with Crippen LogP contribution in [0.25, 0.3) is 0 Å². The van der Waals surface area contributed by atoms with Gasteiger partial charge in [-0.25, -0.2) is 0 Å². The van der Waals surface area contributed by atoms with Gasteiger partial charge in [0.05, 0.1) is 6.61 Å². The van der Waals surface area contributed by atoms with Crippen molar-refractivity contribution in [1.29, 1.82) is 0 Å². The molecular formula is C23H25NO4. The average Bonchev–Trinajstić information content (AvgIpc) is 3.11. The van der Waals surface area contributed by atoms with Crippen molar-refractivity contribution < 1.29 is 19.4 Å². The summed E-state index contributed by atoms with van der Waals surface area (Å²) in [7, 11) is 0. The van der Waals surface area contributed by atoms with Crippen molar-refractivity contribution in [2.45, 2.75) is 19.8 Å². The molecule has 0 radical (unpaired) electrons. The molecule has 28 heavy (non-hydrogen) atoms. The number of carboxylic acids is 1. The summed E-state index contributed by atoms with van der Waals surface area (Å²) in [5.74, 6) is -0.995. The number of benzene rings is 2. The summed E-state index contributed by atoms with van der Waals surface area (Å²) in [6.45, 7) is 3.49. The third kappa shape index (κ3) is 3.31. The number of fused-ring (bicyclic) bond motifs is 1. The van der Waals surface area contributed by atoms with Crippen LogP contribution in [0.2, 0.25) is 0 Å². The van der Waals surface area contributed by atoms with E-state index in [1.165, 1.54) is 5.56 Å². The fourth-order valence-corrected chi connectivity index (χ4v) is 4.42. The number of likely N-dealkylation sites (tertiary alicyclic amines) is 1. The van der Waals surface area contributed by atoms with E-state index in [4.69, 9.17) is 4.74 Å². The summed E-state index contributed by atoms with van der Waals surface area (Å²) in [4.78, 5) is 27.0. The number of nitrogens with zero attached hydrogens (tertiary/aromatic N) is 1. The summed E-state index contributed by atoms with van der Waals surface area (Å²) in [5.41, 5.74) is 3.00. The van der Waals surface area contributed by atoms with Crippen molar-refractivity contribution in [3.63, 3.8) is 0 Å². The highest BCUT2D eigenvalue weighted by Gasteiger charge is 2.55. The third-order valence-electron chi connectivity index (χ3n) is 6.14. The SMILES string of the molecule is Cc1ccc(Cc2ccccc2C(=O)N2C[C@@H]3CCOC[C@]3(C(=O)O)C2)cc1. The van der Waals surface area contributed by atoms with Crippen LogP contribution in [0.4, 0.5) is 0 Å². The predicted molar refractivity (Wildman–Crippen MR) is 105 cm³/mol. The summed E-state index contributed by atoms with van der Waals surface area (Å²) in [6.07, 6.45) is 1.35. The monoisotopic (exact) mass is 379 g/mol. The lowest BCUT2D eigenvalue weighted by atomic mass is 9.76. The number of amides is 1. The van der Waals surface area contributed by atoms with E-state index in [2.05, 4.69) is 31.2 Å². The van der Waals surface area contributed by atoms with Crippen molar-refractivity contribution in [3.8, 4) is 0 Å². The number of hydrogen-bond acceptors (Lipinski definition) is 3. The first-order valence-electron chi connectivity index (χ1n) is 9.73. The molecule has 0 saturated carbocycles. The quantitative estimate of drug-likeness (QED) is 0.886. The standard InChI is InChI=1S/C23H25NO4/c1-16-6-8-17(9-7-16)12-18-4-2-3-5-20(18)21(25)24-13-19-10-11-28-15-23(19,14-24)22(26)27/h2-9,19H,10-15H2,1H3,(H,26,27)/t19-,23+/m0/s1. The highest BCUT2D eigenvalue weighted by atomic mass is 16.5. The Morgan fingerprint density at radius 2 is 1.93 bits per heavy atom. The third-order valence-corrected chi connectivity index (χ3v) is 6.14. The lowest BCUT2D eigenvalue weighted by molar-refractivity contribution is -0.159. The Hall–Kier alpha value is -2.66. The Bertz CT molecular complexity index is 892. The van der Waals surface area contributed by atoms with Crippen LogP contribution < -0.4 is 0 Å². The maximum Gasteiger partial charge on any atom is 0.314 e. The molecule has 1 N–H and O–H groups in total. The van der Waals surface area contributed by atoms with Crippen LogP contribution in [0, 0.1) is 18.3 Å². The summed E-state index contributed by atoms with van der Waals surface area (Å²) in [6, 6.07) is 15.9. The molecule has 2 saturated heterocycles. The number of aliphatic carboxylic acids is 1. The molecule has 2 aliphatic rings. The number of aryl methyl sites for hydroxylation is 1. The normalized spacial score (nSPS) is 24.0. The highest BCUT2D eigenvalue weighted by Crippen LogP contribution is 2.42. The van der Waals surface area contributed by atoms with E-state index in [-0.39, 0.29) is 25.0 Å². The van der Waals surface area contributed by atoms with E-state index in [1.54, 1.807) is 4.90 Å². The second-order valence-corrected chi connectivity index (χ2v) is 8.00. The number of carboxylic acid groups (broad SMARTS) is 1. The lowest BCUT2D eigenvalue weighted by Crippen LogP contribution is -2.46. The van der Waals surface area contributed by atoms with Crippen LogP contribution in [0.1, 0.15) is 33.5 Å². The molecule has 5 nitrogen and oxygen atoms in total. The van der Waals surface area contributed by atoms with Gasteiger partial charge in [-0.1, -0.05) is 48.0 Å². The smallest absolute Gasteiger partial charge is 0.314 e. The molecule has 4 rings (SSSR count). The first kappa shape index (κ1) is 18.7. The topological polar surface area (TPSA) is 66.8 Å². The molecule has 2 fully saturated rings. The molecule has 0 unspecified atom stereocenters. The van der Waals surface area contributed by atoms with Crippen LogP contribution >= 0.6 is 0 Å². The first-order chi connectivity index (χ1) is 13.5. The Morgan fingerprint density at radius 3 is 2.64 bits per heavy atom. The van der Waals surface area contributed by atoms with Gasteiger partial charge < -0.3 is 14.7 Å². The number of hydrogen-bond donors (Lipinski definition) is 1. The zero-order valence-corrected chi connectivity index (χ0v) is 16.1. The van der Waals surface area contributed by atoms with Crippen molar-refractivity contribution in [2.75, 3.05) is 26.3 Å². The maximum absolute atomic E-state index is 13.3. The van der Waals surface area contributed by atoms with Crippen molar-refractivity contribution >= 4 is 11.9 Å². The van der Waals surface area contributed by atoms with Crippen LogP contribution in [-0.2, 0) is 16.0 Å². The van der Waals surface area contributed by atoms with Crippen LogP contribution in [-0.4, -0.2) is 48.2 Å². The van der Waals surface area contributed by atoms with Gasteiger partial charge in [-0.05, 0) is 42.9 Å². The molecule has 0 aliphatic carbocycles. The molecule has 1 amide bonds. The largest absolute Gasteiger partial charge is 0.481 e. The minimum atomic E-state index is -0.972. The minimum absolute atomic E-state index is 0.0491. The Morgan fingerprint density at radius 1 is 1.18 bits per heavy atom. The minimum Gasteiger partial charge on any atom is -0.481 e. The van der Waals surface area contributed by atoms with Gasteiger partial charge in [-0.15, -0.1) is 0 Å². The Balaban J connectivity index is 1.59. The van der Waals surface area contributed by atoms with Crippen LogP contribution in [0.5, 0.6) is 0 Å². The van der Waals surface area contributed by atoms with E-state index < -0.39 is 11.4 Å². The zero-order valence-electron chi connectivity index (χ0n) is 16.1. The van der Waals surface area contributed by atoms with Gasteiger partial charge in [0.15, 0.2) is 0 Å². The van der Waals surface area contributed by atoms with Crippen molar-refractivity contribution in [1.82, 2.24) is 4.90 Å². The van der Waals surface area contributed by atoms with E-state index >= 15 is 0 Å². The summed E-state index contributed by atoms with van der Waals surface area (Å²) < 4.78 is 5.48. The van der Waals surface area contributed by atoms with Gasteiger partial charge in [-0.3, -0.25) is 9.59 Å². The zero-order chi connectivity index (χ0) is 19.7. The van der Waals surface area contributed by atoms with Gasteiger partial charge in [0, 0.05) is 25.3 Å². The van der Waals surface area contributed by atoms with Crippen molar-refractivity contribution in [3.05, 3.63) is 70.8 Å². The second kappa shape index (κ2) is 7.40. The van der Waals surface area contributed by atoms with Gasteiger partial charge in [-0.2, -0.15) is 0 Å². The van der Waals surface area contributed by atoms with Crippen LogP contribution in [0.15, 0.2) is 48.5 Å². The molecular weight excluding hydrogens is 354 g/mol. The van der Waals surface area contributed by atoms with Gasteiger partial charge in [0.25, 0.3) is 5.91 Å². The van der Waals surface area contributed by atoms with Gasteiger partial charge >= 0.3 is 5.97 Å². The summed E-state index contributed by atoms with van der Waals surface area (Å²) >= 11 is 0. The molecule has 146 valence electrons. The molecule has 2 heterocycles. The van der Waals surface area contributed by atoms with Gasteiger partial charge in [0.1, 0.15) is 5.41 Å². The van der Waals surface area contributed by atoms with E-state index in [0.29, 0.717) is 31.6 Å². The number of rotatable bonds is 4. The maximum atomic E-state index is 13.3. The second-order valence-electron chi connectivity index (χ2n) is 8.00. The van der Waals surface area contributed by atoms with E-state index in [9.17, 15) is 14.7 Å². The molecule has 5 heteroatoms. The average molecular weight is 379 g/mol. The number of carbonyl (C=O) groups excluding carboxylic acids is 1. The number of ether oxygens (including phenoxy) is 1. The molecule has 2 aromatic rings. The van der Waals surface area contributed by atoms with E-state index in [1.807, 2.05) is 24.3 Å². The van der Waals surface area contributed by atoms with Gasteiger partial charge in [0.2, 0.25) is 0 Å². The molecule has 0 spiro atoms. The highest BCUT2D eigenvalue weighted by molar-refractivity contribution is 5.96. The lowest BCUT2D eigenvalue weighted by Gasteiger charge is -2.33. The summed E-state index contributed by atoms with van der Waals surface area (Å²) in [5, 5.41) is 9.82. The fraction of sp³-hybridized carbons (Fsp3) is 0.391. The molecule has 0 aromatic heterocycles. The molecule has 2 aliphatic heterocycles. The van der Waals surface area contributed by atoms with Crippen molar-refractivity contribution in [2.24, 2.45) is 11.3 Å². The molecule has 2 atom stereocenters. The first-order valence-corrected chi connectivity index (χ1v) is 9.73. The van der Waals surface area contributed by atoms with E-state index in [0.717, 1.165) is 11.1 Å². The number of carbonyl (C=O) groups is 2. The fourth-order valence-electron chi connectivity index (χ4n) is 4.42. The Labute approximate surface area is 164 Å². The molecule has 2 aromatic carbocycles. The molecule has 0 bridgehead atoms. The predicted octanol–water partition coefficient (Wildman–Crippen LogP) is 3.15. The van der Waals surface area contributed by atoms with Crippen LogP contribution in [0.3, 0.4) is 0 Å².